The van der Waals surface area contributed by atoms with E-state index in [4.69, 9.17) is 16.3 Å². The standard InChI is InChI=1S/C24H25ClN4O3S/c1-32-20-10-9-16(25)14-19(20)29(24(31)18-15-26-11-12-27-18)22(21-8-5-13-33-21)23(30)28-17-6-3-2-4-7-17/h5,8-15,17,22H,2-4,6-7H2,1H3,(H,28,30). The van der Waals surface area contributed by atoms with Gasteiger partial charge in [0.05, 0.1) is 19.0 Å². The molecule has 2 amide bonds. The van der Waals surface area contributed by atoms with E-state index in [0.29, 0.717) is 16.5 Å². The van der Waals surface area contributed by atoms with Crippen LogP contribution in [-0.4, -0.2) is 34.9 Å². The fourth-order valence-corrected chi connectivity index (χ4v) is 5.08. The van der Waals surface area contributed by atoms with Crippen LogP contribution >= 0.6 is 22.9 Å². The summed E-state index contributed by atoms with van der Waals surface area (Å²) in [6.45, 7) is 0. The second-order valence-electron chi connectivity index (χ2n) is 7.84. The highest BCUT2D eigenvalue weighted by Crippen LogP contribution is 2.39. The van der Waals surface area contributed by atoms with E-state index < -0.39 is 11.9 Å². The average Bonchev–Trinajstić information content (AvgIpc) is 3.37. The fourth-order valence-electron chi connectivity index (χ4n) is 4.10. The monoisotopic (exact) mass is 484 g/mol. The molecule has 3 aromatic rings. The quantitative estimate of drug-likeness (QED) is 0.508. The number of carbonyl (C=O) groups is 2. The predicted molar refractivity (Wildman–Crippen MR) is 129 cm³/mol. The number of hydrogen-bond donors (Lipinski definition) is 1. The number of carbonyl (C=O) groups excluding carboxylic acids is 2. The molecule has 1 aliphatic rings. The van der Waals surface area contributed by atoms with Gasteiger partial charge in [-0.25, -0.2) is 4.98 Å². The molecular formula is C24H25ClN4O3S. The lowest BCUT2D eigenvalue weighted by Crippen LogP contribution is -2.47. The average molecular weight is 485 g/mol. The van der Waals surface area contributed by atoms with Crippen molar-refractivity contribution in [1.29, 1.82) is 0 Å². The molecule has 0 saturated heterocycles. The molecule has 4 rings (SSSR count). The van der Waals surface area contributed by atoms with Crippen LogP contribution in [0.2, 0.25) is 5.02 Å². The summed E-state index contributed by atoms with van der Waals surface area (Å²) in [5, 5.41) is 5.48. The van der Waals surface area contributed by atoms with E-state index in [1.807, 2.05) is 17.5 Å². The van der Waals surface area contributed by atoms with Crippen molar-refractivity contribution in [3.63, 3.8) is 0 Å². The van der Waals surface area contributed by atoms with Crippen LogP contribution in [0, 0.1) is 0 Å². The van der Waals surface area contributed by atoms with Gasteiger partial charge in [0.2, 0.25) is 5.91 Å². The maximum atomic E-state index is 13.8. The van der Waals surface area contributed by atoms with Crippen LogP contribution < -0.4 is 15.0 Å². The molecule has 0 spiro atoms. The number of thiophene rings is 1. The number of halogens is 1. The summed E-state index contributed by atoms with van der Waals surface area (Å²) < 4.78 is 5.55. The van der Waals surface area contributed by atoms with Gasteiger partial charge >= 0.3 is 0 Å². The van der Waals surface area contributed by atoms with Gasteiger partial charge < -0.3 is 10.1 Å². The first-order valence-electron chi connectivity index (χ1n) is 10.9. The van der Waals surface area contributed by atoms with Gasteiger partial charge in [0, 0.05) is 28.3 Å². The first-order valence-corrected chi connectivity index (χ1v) is 12.1. The predicted octanol–water partition coefficient (Wildman–Crippen LogP) is 5.04. The Morgan fingerprint density at radius 1 is 1.21 bits per heavy atom. The Hall–Kier alpha value is -2.97. The van der Waals surface area contributed by atoms with Crippen LogP contribution in [0.25, 0.3) is 0 Å². The molecule has 1 aromatic carbocycles. The molecule has 2 heterocycles. The Morgan fingerprint density at radius 2 is 2.03 bits per heavy atom. The lowest BCUT2D eigenvalue weighted by molar-refractivity contribution is -0.123. The number of amides is 2. The summed E-state index contributed by atoms with van der Waals surface area (Å²) >= 11 is 7.72. The molecule has 9 heteroatoms. The maximum absolute atomic E-state index is 13.8. The molecule has 0 bridgehead atoms. The van der Waals surface area contributed by atoms with Gasteiger partial charge in [-0.05, 0) is 42.5 Å². The number of hydrogen-bond acceptors (Lipinski definition) is 6. The number of rotatable bonds is 7. The first kappa shape index (κ1) is 23.2. The smallest absolute Gasteiger partial charge is 0.279 e. The second kappa shape index (κ2) is 10.8. The molecule has 0 aliphatic heterocycles. The Morgan fingerprint density at radius 3 is 2.70 bits per heavy atom. The minimum atomic E-state index is -0.922. The van der Waals surface area contributed by atoms with Crippen LogP contribution in [-0.2, 0) is 4.79 Å². The maximum Gasteiger partial charge on any atom is 0.279 e. The Balaban J connectivity index is 1.82. The molecule has 1 atom stereocenters. The minimum Gasteiger partial charge on any atom is -0.495 e. The zero-order chi connectivity index (χ0) is 23.2. The Bertz CT molecular complexity index is 1090. The lowest BCUT2D eigenvalue weighted by atomic mass is 9.95. The van der Waals surface area contributed by atoms with Gasteiger partial charge in [0.1, 0.15) is 11.4 Å². The van der Waals surface area contributed by atoms with E-state index in [1.165, 1.54) is 48.4 Å². The normalized spacial score (nSPS) is 15.0. The van der Waals surface area contributed by atoms with Gasteiger partial charge in [-0.1, -0.05) is 36.9 Å². The molecule has 1 aliphatic carbocycles. The van der Waals surface area contributed by atoms with Crippen molar-refractivity contribution in [3.8, 4) is 5.75 Å². The van der Waals surface area contributed by atoms with Crippen LogP contribution in [0.5, 0.6) is 5.75 Å². The number of anilines is 1. The summed E-state index contributed by atoms with van der Waals surface area (Å²) in [5.74, 6) is -0.298. The third-order valence-corrected chi connectivity index (χ3v) is 6.83. The van der Waals surface area contributed by atoms with Gasteiger partial charge in [-0.15, -0.1) is 11.3 Å². The largest absolute Gasteiger partial charge is 0.495 e. The second-order valence-corrected chi connectivity index (χ2v) is 9.26. The van der Waals surface area contributed by atoms with Crippen LogP contribution in [0.3, 0.4) is 0 Å². The number of benzene rings is 1. The van der Waals surface area contributed by atoms with Crippen LogP contribution in [0.1, 0.15) is 53.5 Å². The van der Waals surface area contributed by atoms with E-state index >= 15 is 0 Å². The molecule has 1 unspecified atom stereocenters. The molecule has 172 valence electrons. The van der Waals surface area contributed by atoms with Crippen molar-refractivity contribution in [1.82, 2.24) is 15.3 Å². The highest BCUT2D eigenvalue weighted by molar-refractivity contribution is 7.10. The molecule has 2 aromatic heterocycles. The third-order valence-electron chi connectivity index (χ3n) is 5.67. The van der Waals surface area contributed by atoms with E-state index in [9.17, 15) is 9.59 Å². The fraction of sp³-hybridized carbons (Fsp3) is 0.333. The van der Waals surface area contributed by atoms with E-state index in [-0.39, 0.29) is 17.6 Å². The first-order chi connectivity index (χ1) is 16.1. The van der Waals surface area contributed by atoms with Gasteiger partial charge in [0.25, 0.3) is 5.91 Å². The summed E-state index contributed by atoms with van der Waals surface area (Å²) in [7, 11) is 1.51. The number of aromatic nitrogens is 2. The molecule has 1 N–H and O–H groups in total. The minimum absolute atomic E-state index is 0.0865. The van der Waals surface area contributed by atoms with Crippen molar-refractivity contribution < 1.29 is 14.3 Å². The summed E-state index contributed by atoms with van der Waals surface area (Å²) in [6.07, 6.45) is 9.53. The molecule has 1 fully saturated rings. The number of nitrogens with zero attached hydrogens (tertiary/aromatic N) is 3. The third kappa shape index (κ3) is 5.34. The summed E-state index contributed by atoms with van der Waals surface area (Å²) in [5.41, 5.74) is 0.504. The van der Waals surface area contributed by atoms with E-state index in [2.05, 4.69) is 15.3 Å². The van der Waals surface area contributed by atoms with Crippen molar-refractivity contribution in [3.05, 3.63) is 69.9 Å². The highest BCUT2D eigenvalue weighted by Gasteiger charge is 2.37. The Kier molecular flexibility index (Phi) is 7.57. The van der Waals surface area contributed by atoms with Crippen molar-refractivity contribution in [2.45, 2.75) is 44.2 Å². The summed E-state index contributed by atoms with van der Waals surface area (Å²) in [4.78, 5) is 37.9. The van der Waals surface area contributed by atoms with Crippen LogP contribution in [0.15, 0.2) is 54.3 Å². The van der Waals surface area contributed by atoms with E-state index in [0.717, 1.165) is 30.6 Å². The molecule has 33 heavy (non-hydrogen) atoms. The van der Waals surface area contributed by atoms with Crippen molar-refractivity contribution in [2.75, 3.05) is 12.0 Å². The zero-order valence-corrected chi connectivity index (χ0v) is 19.8. The SMILES string of the molecule is COc1ccc(Cl)cc1N(C(=O)c1cnccn1)C(C(=O)NC1CCCCC1)c1cccs1. The lowest BCUT2D eigenvalue weighted by Gasteiger charge is -2.33. The zero-order valence-electron chi connectivity index (χ0n) is 18.2. The molecule has 1 saturated carbocycles. The van der Waals surface area contributed by atoms with Crippen molar-refractivity contribution >= 4 is 40.4 Å². The number of ether oxygens (including phenoxy) is 1. The highest BCUT2D eigenvalue weighted by atomic mass is 35.5. The topological polar surface area (TPSA) is 84.4 Å². The molecule has 0 radical (unpaired) electrons. The number of nitrogens with one attached hydrogen (secondary N) is 1. The van der Waals surface area contributed by atoms with Gasteiger partial charge in [-0.3, -0.25) is 19.5 Å². The van der Waals surface area contributed by atoms with Gasteiger partial charge in [0.15, 0.2) is 6.04 Å². The van der Waals surface area contributed by atoms with E-state index in [1.54, 1.807) is 18.2 Å². The molecular weight excluding hydrogens is 460 g/mol. The van der Waals surface area contributed by atoms with Crippen molar-refractivity contribution in [2.24, 2.45) is 0 Å². The summed E-state index contributed by atoms with van der Waals surface area (Å²) in [6, 6.07) is 7.86. The van der Waals surface area contributed by atoms with Crippen LogP contribution in [0.4, 0.5) is 5.69 Å². The van der Waals surface area contributed by atoms with Gasteiger partial charge in [-0.2, -0.15) is 0 Å². The molecule has 7 nitrogen and oxygen atoms in total. The Labute approximate surface area is 201 Å². The number of methoxy groups -OCH3 is 1.